The summed E-state index contributed by atoms with van der Waals surface area (Å²) in [7, 11) is 0. The highest BCUT2D eigenvalue weighted by atomic mass is 15.2. The molecule has 0 bridgehead atoms. The Balaban J connectivity index is 1.76. The van der Waals surface area contributed by atoms with Crippen LogP contribution in [-0.2, 0) is 6.42 Å². The minimum Gasteiger partial charge on any atom is -0.366 e. The van der Waals surface area contributed by atoms with Gasteiger partial charge in [-0.05, 0) is 44.2 Å². The number of hydrogen-bond acceptors (Lipinski definition) is 3. The van der Waals surface area contributed by atoms with E-state index in [2.05, 4.69) is 47.5 Å². The number of nitriles is 1. The molecule has 1 N–H and O–H groups in total. The molecule has 1 heterocycles. The molecule has 0 spiro atoms. The molecule has 100 valence electrons. The monoisotopic (exact) mass is 255 g/mol. The van der Waals surface area contributed by atoms with Gasteiger partial charge in [-0.3, -0.25) is 5.32 Å². The van der Waals surface area contributed by atoms with E-state index in [1.807, 2.05) is 0 Å². The van der Waals surface area contributed by atoms with Gasteiger partial charge in [-0.2, -0.15) is 5.26 Å². The fraction of sp³-hybridized carbons (Fsp3) is 0.562. The Labute approximate surface area is 115 Å². The van der Waals surface area contributed by atoms with Crippen molar-refractivity contribution in [1.82, 2.24) is 5.32 Å². The van der Waals surface area contributed by atoms with Gasteiger partial charge in [0.15, 0.2) is 0 Å². The van der Waals surface area contributed by atoms with E-state index in [0.717, 1.165) is 13.0 Å². The zero-order chi connectivity index (χ0) is 13.2. The Kier molecular flexibility index (Phi) is 3.44. The van der Waals surface area contributed by atoms with Crippen molar-refractivity contribution in [3.63, 3.8) is 0 Å². The summed E-state index contributed by atoms with van der Waals surface area (Å²) in [6, 6.07) is 12.1. The maximum absolute atomic E-state index is 9.33. The second-order valence-electron chi connectivity index (χ2n) is 5.79. The summed E-state index contributed by atoms with van der Waals surface area (Å²) >= 11 is 0. The molecule has 0 aromatic heterocycles. The molecular weight excluding hydrogens is 234 g/mol. The molecule has 1 aromatic carbocycles. The molecule has 3 nitrogen and oxygen atoms in total. The molecule has 0 amide bonds. The summed E-state index contributed by atoms with van der Waals surface area (Å²) in [6.45, 7) is 3.06. The van der Waals surface area contributed by atoms with E-state index in [1.165, 1.54) is 30.5 Å². The first-order chi connectivity index (χ1) is 9.28. The van der Waals surface area contributed by atoms with Crippen molar-refractivity contribution >= 4 is 5.69 Å². The van der Waals surface area contributed by atoms with Gasteiger partial charge in [-0.25, -0.2) is 0 Å². The molecule has 1 aromatic rings. The number of rotatable bonds is 4. The predicted octanol–water partition coefficient (Wildman–Crippen LogP) is 2.47. The number of nitrogens with zero attached hydrogens (tertiary/aromatic N) is 2. The number of nitrogens with one attached hydrogen (secondary N) is 1. The van der Waals surface area contributed by atoms with Crippen molar-refractivity contribution in [2.45, 2.75) is 50.7 Å². The van der Waals surface area contributed by atoms with E-state index in [1.54, 1.807) is 0 Å². The zero-order valence-electron chi connectivity index (χ0n) is 11.5. The van der Waals surface area contributed by atoms with E-state index in [-0.39, 0.29) is 6.04 Å². The molecule has 2 aliphatic rings. The molecule has 3 heteroatoms. The van der Waals surface area contributed by atoms with Crippen molar-refractivity contribution in [2.24, 2.45) is 0 Å². The van der Waals surface area contributed by atoms with Crippen LogP contribution in [0.4, 0.5) is 5.69 Å². The van der Waals surface area contributed by atoms with Crippen LogP contribution in [0.1, 0.15) is 31.7 Å². The molecule has 2 atom stereocenters. The second-order valence-corrected chi connectivity index (χ2v) is 5.79. The van der Waals surface area contributed by atoms with Gasteiger partial charge in [-0.15, -0.1) is 0 Å². The molecule has 0 radical (unpaired) electrons. The van der Waals surface area contributed by atoms with Crippen LogP contribution < -0.4 is 10.2 Å². The van der Waals surface area contributed by atoms with Crippen LogP contribution in [0, 0.1) is 11.3 Å². The number of benzene rings is 1. The number of anilines is 1. The third kappa shape index (κ3) is 2.74. The van der Waals surface area contributed by atoms with Gasteiger partial charge in [0.1, 0.15) is 6.04 Å². The molecular formula is C16H21N3. The smallest absolute Gasteiger partial charge is 0.113 e. The van der Waals surface area contributed by atoms with Gasteiger partial charge >= 0.3 is 0 Å². The first-order valence-electron chi connectivity index (χ1n) is 7.28. The number of fused-ring (bicyclic) bond motifs is 1. The van der Waals surface area contributed by atoms with Crippen LogP contribution in [0.3, 0.4) is 0 Å². The minimum absolute atomic E-state index is 0.0545. The molecule has 1 fully saturated rings. The van der Waals surface area contributed by atoms with Crippen LogP contribution in [-0.4, -0.2) is 24.7 Å². The van der Waals surface area contributed by atoms with Gasteiger partial charge in [0.2, 0.25) is 0 Å². The minimum atomic E-state index is -0.0545. The third-order valence-corrected chi connectivity index (χ3v) is 4.21. The quantitative estimate of drug-likeness (QED) is 0.898. The number of aryl methyl sites for hydroxylation is 1. The summed E-state index contributed by atoms with van der Waals surface area (Å²) in [5, 5.41) is 12.8. The summed E-state index contributed by atoms with van der Waals surface area (Å²) in [5.74, 6) is 0. The van der Waals surface area contributed by atoms with Gasteiger partial charge in [0.05, 0.1) is 6.07 Å². The zero-order valence-corrected chi connectivity index (χ0v) is 11.5. The average Bonchev–Trinajstić information content (AvgIpc) is 3.25. The first kappa shape index (κ1) is 12.5. The average molecular weight is 255 g/mol. The maximum Gasteiger partial charge on any atom is 0.113 e. The summed E-state index contributed by atoms with van der Waals surface area (Å²) in [5.41, 5.74) is 2.74. The van der Waals surface area contributed by atoms with Crippen LogP contribution in [0.2, 0.25) is 0 Å². The fourth-order valence-electron chi connectivity index (χ4n) is 2.90. The summed E-state index contributed by atoms with van der Waals surface area (Å²) in [6.07, 6.45) is 4.79. The van der Waals surface area contributed by atoms with Gasteiger partial charge in [0, 0.05) is 24.3 Å². The molecule has 1 saturated carbocycles. The molecule has 1 aliphatic carbocycles. The van der Waals surface area contributed by atoms with Crippen LogP contribution >= 0.6 is 0 Å². The lowest BCUT2D eigenvalue weighted by atomic mass is 9.96. The Morgan fingerprint density at radius 3 is 2.89 bits per heavy atom. The topological polar surface area (TPSA) is 39.1 Å². The van der Waals surface area contributed by atoms with Crippen molar-refractivity contribution in [1.29, 1.82) is 5.26 Å². The lowest BCUT2D eigenvalue weighted by Gasteiger charge is -2.38. The summed E-state index contributed by atoms with van der Waals surface area (Å²) in [4.78, 5) is 2.40. The Bertz CT molecular complexity index is 487. The normalized spacial score (nSPS) is 23.6. The molecule has 19 heavy (non-hydrogen) atoms. The standard InChI is InChI=1S/C16H21N3/c1-12-6-7-13-4-2-3-5-16(13)19(12)11-15(10-17)18-14-8-9-14/h2-5,12,14-15,18H,6-9,11H2,1H3. The molecule has 0 saturated heterocycles. The van der Waals surface area contributed by atoms with Crippen molar-refractivity contribution in [2.75, 3.05) is 11.4 Å². The van der Waals surface area contributed by atoms with E-state index < -0.39 is 0 Å². The highest BCUT2D eigenvalue weighted by Gasteiger charge is 2.29. The third-order valence-electron chi connectivity index (χ3n) is 4.21. The van der Waals surface area contributed by atoms with E-state index in [0.29, 0.717) is 12.1 Å². The van der Waals surface area contributed by atoms with Crippen molar-refractivity contribution in [3.8, 4) is 6.07 Å². The molecule has 2 unspecified atom stereocenters. The number of para-hydroxylation sites is 1. The van der Waals surface area contributed by atoms with Gasteiger partial charge in [-0.1, -0.05) is 18.2 Å². The first-order valence-corrected chi connectivity index (χ1v) is 7.28. The highest BCUT2D eigenvalue weighted by Crippen LogP contribution is 2.30. The SMILES string of the molecule is CC1CCc2ccccc2N1CC(C#N)NC1CC1. The fourth-order valence-corrected chi connectivity index (χ4v) is 2.90. The highest BCUT2D eigenvalue weighted by molar-refractivity contribution is 5.56. The van der Waals surface area contributed by atoms with E-state index in [9.17, 15) is 5.26 Å². The van der Waals surface area contributed by atoms with E-state index >= 15 is 0 Å². The Morgan fingerprint density at radius 1 is 1.37 bits per heavy atom. The lowest BCUT2D eigenvalue weighted by Crippen LogP contribution is -2.46. The summed E-state index contributed by atoms with van der Waals surface area (Å²) < 4.78 is 0. The van der Waals surface area contributed by atoms with Gasteiger partial charge < -0.3 is 4.90 Å². The molecule has 1 aliphatic heterocycles. The van der Waals surface area contributed by atoms with Gasteiger partial charge in [0.25, 0.3) is 0 Å². The van der Waals surface area contributed by atoms with E-state index in [4.69, 9.17) is 0 Å². The Hall–Kier alpha value is -1.53. The van der Waals surface area contributed by atoms with Crippen LogP contribution in [0.25, 0.3) is 0 Å². The van der Waals surface area contributed by atoms with Crippen molar-refractivity contribution in [3.05, 3.63) is 29.8 Å². The van der Waals surface area contributed by atoms with Crippen LogP contribution in [0.15, 0.2) is 24.3 Å². The molecule has 3 rings (SSSR count). The largest absolute Gasteiger partial charge is 0.366 e. The lowest BCUT2D eigenvalue weighted by molar-refractivity contribution is 0.510. The second kappa shape index (κ2) is 5.22. The number of hydrogen-bond donors (Lipinski definition) is 1. The predicted molar refractivity (Wildman–Crippen MR) is 77.1 cm³/mol. The van der Waals surface area contributed by atoms with Crippen molar-refractivity contribution < 1.29 is 0 Å². The van der Waals surface area contributed by atoms with Crippen LogP contribution in [0.5, 0.6) is 0 Å². The Morgan fingerprint density at radius 2 is 2.16 bits per heavy atom. The maximum atomic E-state index is 9.33.